The highest BCUT2D eigenvalue weighted by atomic mass is 16.3. The van der Waals surface area contributed by atoms with Crippen molar-refractivity contribution in [1.29, 1.82) is 0 Å². The van der Waals surface area contributed by atoms with Crippen LogP contribution in [0.2, 0.25) is 0 Å². The van der Waals surface area contributed by atoms with Crippen molar-refractivity contribution in [3.63, 3.8) is 0 Å². The number of hydrogen-bond donors (Lipinski definition) is 2. The summed E-state index contributed by atoms with van der Waals surface area (Å²) in [6.07, 6.45) is 10.5. The van der Waals surface area contributed by atoms with Crippen LogP contribution in [0.15, 0.2) is 24.3 Å². The van der Waals surface area contributed by atoms with Crippen LogP contribution >= 0.6 is 0 Å². The molecule has 0 amide bonds. The fourth-order valence-corrected chi connectivity index (χ4v) is 6.06. The van der Waals surface area contributed by atoms with E-state index in [-0.39, 0.29) is 21.7 Å². The number of hydrogen-bond acceptors (Lipinski definition) is 3. The molecule has 2 aromatic rings. The Morgan fingerprint density at radius 2 is 0.744 bits per heavy atom. The van der Waals surface area contributed by atoms with Gasteiger partial charge in [0.1, 0.15) is 11.5 Å². The molecule has 0 heterocycles. The molecule has 0 saturated heterocycles. The van der Waals surface area contributed by atoms with Crippen molar-refractivity contribution in [3.05, 3.63) is 57.6 Å². The van der Waals surface area contributed by atoms with Gasteiger partial charge in [-0.1, -0.05) is 159 Å². The molecule has 0 unspecified atom stereocenters. The standard InChI is InChI=1S/C40H67NO2/c1-14-15-16-17-18-19-20-21-22-41(27-29-23-31(37(2,3)4)35(42)32(24-29)38(5,6)7)28-30-25-33(39(8,9)10)36(43)34(26-30)40(11,12)13/h23-26,42-43H,14-22,27-28H2,1-13H3. The van der Waals surface area contributed by atoms with E-state index in [1.807, 2.05) is 0 Å². The third kappa shape index (κ3) is 11.1. The minimum Gasteiger partial charge on any atom is -0.507 e. The molecule has 43 heavy (non-hydrogen) atoms. The average molecular weight is 594 g/mol. The van der Waals surface area contributed by atoms with Crippen LogP contribution in [0, 0.1) is 0 Å². The summed E-state index contributed by atoms with van der Waals surface area (Å²) in [7, 11) is 0. The Bertz CT molecular complexity index is 1010. The number of aromatic hydroxyl groups is 2. The Kier molecular flexibility index (Phi) is 12.8. The number of phenolic OH excluding ortho intramolecular Hbond substituents is 2. The predicted molar refractivity (Wildman–Crippen MR) is 188 cm³/mol. The van der Waals surface area contributed by atoms with Gasteiger partial charge in [0.05, 0.1) is 0 Å². The van der Waals surface area contributed by atoms with E-state index < -0.39 is 0 Å². The summed E-state index contributed by atoms with van der Waals surface area (Å²) < 4.78 is 0. The van der Waals surface area contributed by atoms with Gasteiger partial charge in [0, 0.05) is 13.1 Å². The molecule has 3 heteroatoms. The molecule has 2 aromatic carbocycles. The molecule has 2 rings (SSSR count). The van der Waals surface area contributed by atoms with Gasteiger partial charge >= 0.3 is 0 Å². The molecule has 244 valence electrons. The lowest BCUT2D eigenvalue weighted by Gasteiger charge is -2.31. The van der Waals surface area contributed by atoms with Crippen molar-refractivity contribution in [2.24, 2.45) is 0 Å². The van der Waals surface area contributed by atoms with Gasteiger partial charge in [-0.3, -0.25) is 4.90 Å². The molecule has 0 spiro atoms. The highest BCUT2D eigenvalue weighted by molar-refractivity contribution is 5.51. The van der Waals surface area contributed by atoms with E-state index in [2.05, 4.69) is 119 Å². The highest BCUT2D eigenvalue weighted by Crippen LogP contribution is 2.42. The van der Waals surface area contributed by atoms with Crippen LogP contribution in [0.1, 0.15) is 175 Å². The third-order valence-corrected chi connectivity index (χ3v) is 8.71. The first-order chi connectivity index (χ1) is 19.7. The maximum absolute atomic E-state index is 11.3. The zero-order valence-corrected chi connectivity index (χ0v) is 30.4. The fraction of sp³-hybridized carbons (Fsp3) is 0.700. The fourth-order valence-electron chi connectivity index (χ4n) is 6.06. The zero-order valence-electron chi connectivity index (χ0n) is 30.4. The molecule has 0 fully saturated rings. The van der Waals surface area contributed by atoms with E-state index in [1.165, 1.54) is 62.5 Å². The minimum absolute atomic E-state index is 0.150. The molecular weight excluding hydrogens is 526 g/mol. The van der Waals surface area contributed by atoms with Crippen molar-refractivity contribution in [3.8, 4) is 11.5 Å². The number of nitrogens with zero attached hydrogens (tertiary/aromatic N) is 1. The number of benzene rings is 2. The quantitative estimate of drug-likeness (QED) is 0.227. The minimum atomic E-state index is -0.150. The molecule has 0 aliphatic heterocycles. The summed E-state index contributed by atoms with van der Waals surface area (Å²) in [6.45, 7) is 31.2. The zero-order chi connectivity index (χ0) is 32.8. The third-order valence-electron chi connectivity index (χ3n) is 8.71. The van der Waals surface area contributed by atoms with E-state index >= 15 is 0 Å². The second-order valence-corrected chi connectivity index (χ2v) is 17.3. The highest BCUT2D eigenvalue weighted by Gasteiger charge is 2.29. The molecule has 0 radical (unpaired) electrons. The van der Waals surface area contributed by atoms with Crippen LogP contribution in [0.25, 0.3) is 0 Å². The molecule has 0 bridgehead atoms. The van der Waals surface area contributed by atoms with Crippen LogP contribution in [0.3, 0.4) is 0 Å². The lowest BCUT2D eigenvalue weighted by Crippen LogP contribution is -2.26. The molecular formula is C40H67NO2. The lowest BCUT2D eigenvalue weighted by atomic mass is 9.78. The van der Waals surface area contributed by atoms with Crippen molar-refractivity contribution in [2.45, 2.75) is 176 Å². The van der Waals surface area contributed by atoms with Gasteiger partial charge in [0.15, 0.2) is 0 Å². The first-order valence-corrected chi connectivity index (χ1v) is 17.1. The first-order valence-electron chi connectivity index (χ1n) is 17.1. The van der Waals surface area contributed by atoms with Crippen molar-refractivity contribution in [1.82, 2.24) is 4.90 Å². The Morgan fingerprint density at radius 1 is 0.465 bits per heavy atom. The Hall–Kier alpha value is -2.00. The molecule has 0 atom stereocenters. The molecule has 0 aromatic heterocycles. The summed E-state index contributed by atoms with van der Waals surface area (Å²) in [5, 5.41) is 22.7. The number of rotatable bonds is 13. The van der Waals surface area contributed by atoms with Gasteiger partial charge < -0.3 is 10.2 Å². The second-order valence-electron chi connectivity index (χ2n) is 17.3. The summed E-state index contributed by atoms with van der Waals surface area (Å²) in [5.74, 6) is 0.892. The van der Waals surface area contributed by atoms with Crippen molar-refractivity contribution < 1.29 is 10.2 Å². The van der Waals surface area contributed by atoms with Crippen LogP contribution in [-0.4, -0.2) is 21.7 Å². The van der Waals surface area contributed by atoms with Crippen molar-refractivity contribution >= 4 is 0 Å². The van der Waals surface area contributed by atoms with Gasteiger partial charge in [-0.2, -0.15) is 0 Å². The van der Waals surface area contributed by atoms with E-state index in [9.17, 15) is 10.2 Å². The Labute approximate surface area is 266 Å². The SMILES string of the molecule is CCCCCCCCCCN(Cc1cc(C(C)(C)C)c(O)c(C(C)(C)C)c1)Cc1cc(C(C)(C)C)c(O)c(C(C)(C)C)c1. The van der Waals surface area contributed by atoms with E-state index in [1.54, 1.807) is 0 Å². The lowest BCUT2D eigenvalue weighted by molar-refractivity contribution is 0.249. The van der Waals surface area contributed by atoms with Crippen LogP contribution in [-0.2, 0) is 34.7 Å². The monoisotopic (exact) mass is 594 g/mol. The predicted octanol–water partition coefficient (Wildman–Crippen LogP) is 11.4. The summed E-state index contributed by atoms with van der Waals surface area (Å²) in [4.78, 5) is 2.59. The van der Waals surface area contributed by atoms with Gasteiger partial charge in [0.25, 0.3) is 0 Å². The topological polar surface area (TPSA) is 43.7 Å². The molecule has 2 N–H and O–H groups in total. The largest absolute Gasteiger partial charge is 0.507 e. The summed E-state index contributed by atoms with van der Waals surface area (Å²) in [5.41, 5.74) is 6.02. The van der Waals surface area contributed by atoms with Crippen LogP contribution in [0.5, 0.6) is 11.5 Å². The Balaban J connectivity index is 2.48. The smallest absolute Gasteiger partial charge is 0.123 e. The average Bonchev–Trinajstić information content (AvgIpc) is 2.84. The molecule has 0 aliphatic rings. The molecule has 3 nitrogen and oxygen atoms in total. The van der Waals surface area contributed by atoms with Gasteiger partial charge in [-0.25, -0.2) is 0 Å². The van der Waals surface area contributed by atoms with Gasteiger partial charge in [-0.05, 0) is 68.0 Å². The second kappa shape index (κ2) is 14.9. The normalized spacial score (nSPS) is 13.3. The summed E-state index contributed by atoms with van der Waals surface area (Å²) >= 11 is 0. The van der Waals surface area contributed by atoms with Gasteiger partial charge in [0.2, 0.25) is 0 Å². The maximum Gasteiger partial charge on any atom is 0.123 e. The van der Waals surface area contributed by atoms with Crippen LogP contribution < -0.4 is 0 Å². The number of unbranched alkanes of at least 4 members (excludes halogenated alkanes) is 7. The van der Waals surface area contributed by atoms with E-state index in [0.29, 0.717) is 11.5 Å². The maximum atomic E-state index is 11.3. The number of phenols is 2. The van der Waals surface area contributed by atoms with E-state index in [0.717, 1.165) is 41.9 Å². The van der Waals surface area contributed by atoms with E-state index in [4.69, 9.17) is 0 Å². The van der Waals surface area contributed by atoms with Crippen LogP contribution in [0.4, 0.5) is 0 Å². The summed E-state index contributed by atoms with van der Waals surface area (Å²) in [6, 6.07) is 8.96. The Morgan fingerprint density at radius 3 is 1.02 bits per heavy atom. The first kappa shape index (κ1) is 37.2. The molecule has 0 saturated carbocycles. The van der Waals surface area contributed by atoms with Gasteiger partial charge in [-0.15, -0.1) is 0 Å². The molecule has 0 aliphatic carbocycles. The van der Waals surface area contributed by atoms with Crippen molar-refractivity contribution in [2.75, 3.05) is 6.54 Å².